The van der Waals surface area contributed by atoms with Gasteiger partial charge in [0.25, 0.3) is 0 Å². The van der Waals surface area contributed by atoms with E-state index in [1.54, 1.807) is 12.1 Å². The first-order valence-corrected chi connectivity index (χ1v) is 14.2. The monoisotopic (exact) mass is 403 g/mol. The molecule has 0 aromatic heterocycles. The smallest absolute Gasteiger partial charge is 0.392 e. The Morgan fingerprint density at radius 3 is 1.68 bits per heavy atom. The molecule has 4 heteroatoms. The summed E-state index contributed by atoms with van der Waals surface area (Å²) >= 11 is 0. The second-order valence-electron chi connectivity index (χ2n) is 8.23. The van der Waals surface area contributed by atoms with E-state index in [9.17, 15) is 0 Å². The van der Waals surface area contributed by atoms with E-state index < -0.39 is 8.56 Å². The van der Waals surface area contributed by atoms with Gasteiger partial charge in [-0.15, -0.1) is 0 Å². The fraction of sp³-hybridized carbons (Fsp3) is 0.708. The average Bonchev–Trinajstić information content (AvgIpc) is 2.68. The van der Waals surface area contributed by atoms with Crippen molar-refractivity contribution in [2.24, 2.45) is 0 Å². The molecule has 0 spiro atoms. The number of benzene rings is 1. The van der Waals surface area contributed by atoms with Crippen LogP contribution in [0.25, 0.3) is 0 Å². The summed E-state index contributed by atoms with van der Waals surface area (Å²) in [7, 11) is -2.16. The van der Waals surface area contributed by atoms with E-state index in [2.05, 4.69) is 26.1 Å². The molecule has 0 unspecified atom stereocenters. The van der Waals surface area contributed by atoms with E-state index in [1.165, 1.54) is 77.0 Å². The van der Waals surface area contributed by atoms with Gasteiger partial charge >= 0.3 is 8.56 Å². The van der Waals surface area contributed by atoms with Gasteiger partial charge < -0.3 is 8.85 Å². The van der Waals surface area contributed by atoms with Crippen LogP contribution in [-0.4, -0.2) is 15.2 Å². The standard InChI is InChI=1S/C24H41NO2Si/c1-4-5-6-7-8-9-10-11-12-13-14-15-16-21-26-28(2,3)27-24-19-17-23(22-25)18-20-24/h17-20H,4-16,21H2,1-3H3. The summed E-state index contributed by atoms with van der Waals surface area (Å²) in [6, 6.07) is 9.39. The minimum absolute atomic E-state index is 0.653. The molecule has 0 aliphatic carbocycles. The van der Waals surface area contributed by atoms with Gasteiger partial charge in [-0.2, -0.15) is 5.26 Å². The molecule has 0 radical (unpaired) electrons. The van der Waals surface area contributed by atoms with Gasteiger partial charge in [0.15, 0.2) is 0 Å². The first-order valence-electron chi connectivity index (χ1n) is 11.4. The van der Waals surface area contributed by atoms with Crippen LogP contribution in [0.2, 0.25) is 13.1 Å². The molecule has 0 atom stereocenters. The van der Waals surface area contributed by atoms with E-state index in [0.717, 1.165) is 18.8 Å². The summed E-state index contributed by atoms with van der Waals surface area (Å²) in [5, 5.41) is 8.85. The summed E-state index contributed by atoms with van der Waals surface area (Å²) in [6.45, 7) is 7.22. The SMILES string of the molecule is CCCCCCCCCCCCCCCO[Si](C)(C)Oc1ccc(C#N)cc1. The summed E-state index contributed by atoms with van der Waals surface area (Å²) in [5.41, 5.74) is 0.653. The van der Waals surface area contributed by atoms with Gasteiger partial charge in [0.2, 0.25) is 0 Å². The third kappa shape index (κ3) is 13.0. The van der Waals surface area contributed by atoms with Crippen LogP contribution < -0.4 is 4.43 Å². The lowest BCUT2D eigenvalue weighted by Crippen LogP contribution is -2.38. The van der Waals surface area contributed by atoms with Crippen molar-refractivity contribution in [1.29, 1.82) is 5.26 Å². The average molecular weight is 404 g/mol. The molecule has 0 amide bonds. The van der Waals surface area contributed by atoms with Crippen LogP contribution >= 0.6 is 0 Å². The molecule has 0 heterocycles. The van der Waals surface area contributed by atoms with Crippen LogP contribution in [0.15, 0.2) is 24.3 Å². The lowest BCUT2D eigenvalue weighted by molar-refractivity contribution is 0.240. The third-order valence-electron chi connectivity index (χ3n) is 5.04. The fourth-order valence-electron chi connectivity index (χ4n) is 3.35. The van der Waals surface area contributed by atoms with E-state index in [-0.39, 0.29) is 0 Å². The maximum atomic E-state index is 8.85. The van der Waals surface area contributed by atoms with Crippen LogP contribution in [0.4, 0.5) is 0 Å². The maximum absolute atomic E-state index is 8.85. The molecule has 0 saturated carbocycles. The molecule has 1 aromatic rings. The van der Waals surface area contributed by atoms with Crippen LogP contribution in [0.5, 0.6) is 5.75 Å². The Morgan fingerprint density at radius 2 is 1.21 bits per heavy atom. The van der Waals surface area contributed by atoms with Gasteiger partial charge in [-0.3, -0.25) is 0 Å². The highest BCUT2D eigenvalue weighted by molar-refractivity contribution is 6.65. The number of nitrogens with zero attached hydrogens (tertiary/aromatic N) is 1. The minimum atomic E-state index is -2.16. The molecule has 1 rings (SSSR count). The summed E-state index contributed by atoms with van der Waals surface area (Å²) in [5.74, 6) is 0.793. The third-order valence-corrected chi connectivity index (χ3v) is 6.67. The van der Waals surface area contributed by atoms with Crippen molar-refractivity contribution in [3.8, 4) is 11.8 Å². The van der Waals surface area contributed by atoms with Crippen LogP contribution in [0.3, 0.4) is 0 Å². The second kappa shape index (κ2) is 15.6. The molecule has 158 valence electrons. The molecule has 28 heavy (non-hydrogen) atoms. The highest BCUT2D eigenvalue weighted by Gasteiger charge is 2.26. The molecule has 3 nitrogen and oxygen atoms in total. The summed E-state index contributed by atoms with van der Waals surface area (Å²) in [4.78, 5) is 0. The van der Waals surface area contributed by atoms with E-state index in [0.29, 0.717) is 5.56 Å². The molecular formula is C24H41NO2Si. The molecule has 0 aliphatic rings. The first-order chi connectivity index (χ1) is 13.6. The van der Waals surface area contributed by atoms with Gasteiger partial charge in [0.05, 0.1) is 11.6 Å². The van der Waals surface area contributed by atoms with Crippen LogP contribution in [-0.2, 0) is 4.43 Å². The second-order valence-corrected chi connectivity index (χ2v) is 11.5. The fourth-order valence-corrected chi connectivity index (χ4v) is 4.75. The van der Waals surface area contributed by atoms with E-state index >= 15 is 0 Å². The molecule has 0 N–H and O–H groups in total. The van der Waals surface area contributed by atoms with Crippen molar-refractivity contribution < 1.29 is 8.85 Å². The highest BCUT2D eigenvalue weighted by atomic mass is 28.4. The molecule has 1 aromatic carbocycles. The molecular weight excluding hydrogens is 362 g/mol. The Balaban J connectivity index is 1.95. The summed E-state index contributed by atoms with van der Waals surface area (Å²) in [6.07, 6.45) is 17.7. The van der Waals surface area contributed by atoms with Gasteiger partial charge in [-0.1, -0.05) is 84.0 Å². The Hall–Kier alpha value is -1.31. The predicted octanol–water partition coefficient (Wildman–Crippen LogP) is 7.75. The van der Waals surface area contributed by atoms with Crippen molar-refractivity contribution >= 4 is 8.56 Å². The van der Waals surface area contributed by atoms with Gasteiger partial charge in [-0.25, -0.2) is 0 Å². The van der Waals surface area contributed by atoms with Crippen LogP contribution in [0, 0.1) is 11.3 Å². The lowest BCUT2D eigenvalue weighted by Gasteiger charge is -2.23. The molecule has 0 fully saturated rings. The molecule has 0 bridgehead atoms. The van der Waals surface area contributed by atoms with Gasteiger partial charge in [0, 0.05) is 6.61 Å². The Labute approximate surface area is 174 Å². The predicted molar refractivity (Wildman–Crippen MR) is 121 cm³/mol. The number of nitriles is 1. The number of hydrogen-bond acceptors (Lipinski definition) is 3. The Morgan fingerprint density at radius 1 is 0.750 bits per heavy atom. The highest BCUT2D eigenvalue weighted by Crippen LogP contribution is 2.18. The summed E-state index contributed by atoms with van der Waals surface area (Å²) < 4.78 is 12.1. The number of rotatable bonds is 17. The topological polar surface area (TPSA) is 42.2 Å². The van der Waals surface area contributed by atoms with Crippen LogP contribution in [0.1, 0.15) is 96.0 Å². The number of hydrogen-bond donors (Lipinski definition) is 0. The quantitative estimate of drug-likeness (QED) is 0.197. The van der Waals surface area contributed by atoms with Crippen molar-refractivity contribution in [2.45, 2.75) is 103 Å². The largest absolute Gasteiger partial charge is 0.520 e. The zero-order chi connectivity index (χ0) is 20.5. The van der Waals surface area contributed by atoms with Gasteiger partial charge in [0.1, 0.15) is 5.75 Å². The normalized spacial score (nSPS) is 11.4. The minimum Gasteiger partial charge on any atom is -0.520 e. The maximum Gasteiger partial charge on any atom is 0.392 e. The van der Waals surface area contributed by atoms with Crippen molar-refractivity contribution in [2.75, 3.05) is 6.61 Å². The number of unbranched alkanes of at least 4 members (excludes halogenated alkanes) is 12. The van der Waals surface area contributed by atoms with Crippen molar-refractivity contribution in [3.05, 3.63) is 29.8 Å². The zero-order valence-corrected chi connectivity index (χ0v) is 19.5. The first kappa shape index (κ1) is 24.7. The molecule has 0 saturated heterocycles. The lowest BCUT2D eigenvalue weighted by atomic mass is 10.0. The van der Waals surface area contributed by atoms with Crippen molar-refractivity contribution in [1.82, 2.24) is 0 Å². The van der Waals surface area contributed by atoms with E-state index in [4.69, 9.17) is 14.1 Å². The zero-order valence-electron chi connectivity index (χ0n) is 18.5. The Bertz CT molecular complexity index is 537. The van der Waals surface area contributed by atoms with Crippen molar-refractivity contribution in [3.63, 3.8) is 0 Å². The van der Waals surface area contributed by atoms with Gasteiger partial charge in [-0.05, 0) is 43.8 Å². The van der Waals surface area contributed by atoms with E-state index in [1.807, 2.05) is 12.1 Å². The molecule has 0 aliphatic heterocycles. The Kier molecular flexibility index (Phi) is 13.8.